The third-order valence-electron chi connectivity index (χ3n) is 4.64. The van der Waals surface area contributed by atoms with E-state index in [1.54, 1.807) is 6.92 Å². The molecule has 0 bridgehead atoms. The molecule has 2 rings (SSSR count). The zero-order chi connectivity index (χ0) is 11.1. The van der Waals surface area contributed by atoms with Gasteiger partial charge >= 0.3 is 0 Å². The van der Waals surface area contributed by atoms with E-state index >= 15 is 0 Å². The van der Waals surface area contributed by atoms with Crippen LogP contribution in [0.3, 0.4) is 0 Å². The van der Waals surface area contributed by atoms with Gasteiger partial charge in [-0.15, -0.1) is 0 Å². The van der Waals surface area contributed by atoms with E-state index < -0.39 is 0 Å². The van der Waals surface area contributed by atoms with Crippen molar-refractivity contribution in [3.63, 3.8) is 0 Å². The molecule has 0 saturated heterocycles. The van der Waals surface area contributed by atoms with Gasteiger partial charge in [0.15, 0.2) is 0 Å². The number of Topliss-reactive ketones (excluding diaryl/α,β-unsaturated/α-hetero) is 1. The molecule has 0 spiro atoms. The van der Waals surface area contributed by atoms with Crippen molar-refractivity contribution in [1.82, 2.24) is 0 Å². The Balaban J connectivity index is 2.28. The van der Waals surface area contributed by atoms with Crippen LogP contribution in [-0.4, -0.2) is 5.78 Å². The van der Waals surface area contributed by atoms with E-state index in [4.69, 9.17) is 0 Å². The summed E-state index contributed by atoms with van der Waals surface area (Å²) in [5.74, 6) is 1.88. The quantitative estimate of drug-likeness (QED) is 0.597. The predicted octanol–water partition coefficient (Wildman–Crippen LogP) is 3.74. The van der Waals surface area contributed by atoms with Crippen molar-refractivity contribution in [3.8, 4) is 0 Å². The molecule has 0 aliphatic heterocycles. The number of ketones is 1. The minimum atomic E-state index is 0.0199. The lowest BCUT2D eigenvalue weighted by Gasteiger charge is -2.46. The zero-order valence-electron chi connectivity index (χ0n) is 10.2. The van der Waals surface area contributed by atoms with Gasteiger partial charge in [0.25, 0.3) is 0 Å². The van der Waals surface area contributed by atoms with Crippen LogP contribution in [0.2, 0.25) is 0 Å². The minimum Gasteiger partial charge on any atom is -0.299 e. The second kappa shape index (κ2) is 3.77. The first-order valence-corrected chi connectivity index (χ1v) is 6.21. The molecular formula is C14H22O. The number of hydrogen-bond acceptors (Lipinski definition) is 1. The molecule has 0 aromatic carbocycles. The fourth-order valence-corrected chi connectivity index (χ4v) is 3.52. The van der Waals surface area contributed by atoms with Crippen LogP contribution < -0.4 is 0 Å². The second-order valence-electron chi connectivity index (χ2n) is 5.75. The SMILES string of the molecule is CC(=O)C12CC=C(C)CC1CC(C)CC2. The molecule has 3 unspecified atom stereocenters. The number of carbonyl (C=O) groups is 1. The molecule has 15 heavy (non-hydrogen) atoms. The lowest BCUT2D eigenvalue weighted by atomic mass is 9.56. The number of hydrogen-bond donors (Lipinski definition) is 0. The first kappa shape index (κ1) is 10.9. The molecule has 0 radical (unpaired) electrons. The summed E-state index contributed by atoms with van der Waals surface area (Å²) in [6.07, 6.45) is 8.08. The molecule has 1 nitrogen and oxygen atoms in total. The van der Waals surface area contributed by atoms with Crippen molar-refractivity contribution in [2.24, 2.45) is 17.3 Å². The number of allylic oxidation sites excluding steroid dienone is 2. The lowest BCUT2D eigenvalue weighted by molar-refractivity contribution is -0.133. The van der Waals surface area contributed by atoms with E-state index in [0.29, 0.717) is 11.7 Å². The Morgan fingerprint density at radius 3 is 2.93 bits per heavy atom. The van der Waals surface area contributed by atoms with Gasteiger partial charge in [-0.1, -0.05) is 18.6 Å². The molecule has 0 amide bonds. The van der Waals surface area contributed by atoms with Crippen LogP contribution >= 0.6 is 0 Å². The first-order valence-electron chi connectivity index (χ1n) is 6.21. The van der Waals surface area contributed by atoms with E-state index in [2.05, 4.69) is 19.9 Å². The molecule has 0 N–H and O–H groups in total. The van der Waals surface area contributed by atoms with Crippen molar-refractivity contribution < 1.29 is 4.79 Å². The van der Waals surface area contributed by atoms with Gasteiger partial charge in [0.2, 0.25) is 0 Å². The summed E-state index contributed by atoms with van der Waals surface area (Å²) in [6.45, 7) is 6.35. The van der Waals surface area contributed by atoms with Gasteiger partial charge in [-0.3, -0.25) is 4.79 Å². The standard InChI is InChI=1S/C14H22O/c1-10-4-6-14(12(3)15)7-5-11(2)9-13(14)8-10/h4,11,13H,5-9H2,1-3H3. The van der Waals surface area contributed by atoms with E-state index in [-0.39, 0.29) is 5.41 Å². The van der Waals surface area contributed by atoms with Crippen molar-refractivity contribution in [2.45, 2.75) is 52.9 Å². The second-order valence-corrected chi connectivity index (χ2v) is 5.75. The molecule has 1 saturated carbocycles. The van der Waals surface area contributed by atoms with Gasteiger partial charge in [-0.2, -0.15) is 0 Å². The summed E-state index contributed by atoms with van der Waals surface area (Å²) < 4.78 is 0. The summed E-state index contributed by atoms with van der Waals surface area (Å²) in [4.78, 5) is 11.9. The molecule has 3 atom stereocenters. The van der Waals surface area contributed by atoms with Crippen molar-refractivity contribution in [3.05, 3.63) is 11.6 Å². The van der Waals surface area contributed by atoms with Crippen LogP contribution in [0.25, 0.3) is 0 Å². The van der Waals surface area contributed by atoms with Crippen LogP contribution in [0, 0.1) is 17.3 Å². The van der Waals surface area contributed by atoms with Crippen LogP contribution in [0.1, 0.15) is 52.9 Å². The van der Waals surface area contributed by atoms with Gasteiger partial charge in [0.05, 0.1) is 0 Å². The van der Waals surface area contributed by atoms with Crippen LogP contribution in [0.5, 0.6) is 0 Å². The summed E-state index contributed by atoms with van der Waals surface area (Å²) in [5.41, 5.74) is 1.51. The fourth-order valence-electron chi connectivity index (χ4n) is 3.52. The zero-order valence-corrected chi connectivity index (χ0v) is 10.2. The molecule has 1 heteroatoms. The van der Waals surface area contributed by atoms with E-state index in [9.17, 15) is 4.79 Å². The topological polar surface area (TPSA) is 17.1 Å². The normalized spacial score (nSPS) is 40.6. The van der Waals surface area contributed by atoms with Crippen LogP contribution in [0.4, 0.5) is 0 Å². The summed E-state index contributed by atoms with van der Waals surface area (Å²) in [5, 5.41) is 0. The molecular weight excluding hydrogens is 184 g/mol. The van der Waals surface area contributed by atoms with Crippen molar-refractivity contribution in [1.29, 1.82) is 0 Å². The molecule has 0 aromatic heterocycles. The Kier molecular flexibility index (Phi) is 2.74. The first-order chi connectivity index (χ1) is 7.04. The maximum absolute atomic E-state index is 11.9. The highest BCUT2D eigenvalue weighted by molar-refractivity contribution is 5.83. The third kappa shape index (κ3) is 1.77. The Morgan fingerprint density at radius 2 is 2.27 bits per heavy atom. The van der Waals surface area contributed by atoms with Crippen LogP contribution in [0.15, 0.2) is 11.6 Å². The maximum Gasteiger partial charge on any atom is 0.136 e. The van der Waals surface area contributed by atoms with E-state index in [1.165, 1.54) is 18.4 Å². The number of fused-ring (bicyclic) bond motifs is 1. The highest BCUT2D eigenvalue weighted by atomic mass is 16.1. The summed E-state index contributed by atoms with van der Waals surface area (Å²) in [6, 6.07) is 0. The molecule has 2 aliphatic rings. The Labute approximate surface area is 92.9 Å². The molecule has 1 fully saturated rings. The van der Waals surface area contributed by atoms with Gasteiger partial charge in [-0.05, 0) is 57.8 Å². The Morgan fingerprint density at radius 1 is 1.53 bits per heavy atom. The average Bonchev–Trinajstić information content (AvgIpc) is 2.17. The fraction of sp³-hybridized carbons (Fsp3) is 0.786. The number of carbonyl (C=O) groups excluding carboxylic acids is 1. The highest BCUT2D eigenvalue weighted by Crippen LogP contribution is 2.51. The highest BCUT2D eigenvalue weighted by Gasteiger charge is 2.46. The van der Waals surface area contributed by atoms with Gasteiger partial charge in [-0.25, -0.2) is 0 Å². The summed E-state index contributed by atoms with van der Waals surface area (Å²) >= 11 is 0. The minimum absolute atomic E-state index is 0.0199. The van der Waals surface area contributed by atoms with Gasteiger partial charge in [0.1, 0.15) is 5.78 Å². The van der Waals surface area contributed by atoms with E-state index in [0.717, 1.165) is 25.2 Å². The van der Waals surface area contributed by atoms with Crippen molar-refractivity contribution >= 4 is 5.78 Å². The molecule has 84 valence electrons. The average molecular weight is 206 g/mol. The predicted molar refractivity (Wildman–Crippen MR) is 62.6 cm³/mol. The largest absolute Gasteiger partial charge is 0.299 e. The Bertz CT molecular complexity index is 302. The maximum atomic E-state index is 11.9. The van der Waals surface area contributed by atoms with E-state index in [1.807, 2.05) is 0 Å². The smallest absolute Gasteiger partial charge is 0.136 e. The lowest BCUT2D eigenvalue weighted by Crippen LogP contribution is -2.43. The molecule has 2 aliphatic carbocycles. The summed E-state index contributed by atoms with van der Waals surface area (Å²) in [7, 11) is 0. The molecule has 0 heterocycles. The van der Waals surface area contributed by atoms with Gasteiger partial charge in [0, 0.05) is 5.41 Å². The van der Waals surface area contributed by atoms with Gasteiger partial charge < -0.3 is 0 Å². The van der Waals surface area contributed by atoms with Crippen molar-refractivity contribution in [2.75, 3.05) is 0 Å². The Hall–Kier alpha value is -0.590. The molecule has 0 aromatic rings. The monoisotopic (exact) mass is 206 g/mol. The third-order valence-corrected chi connectivity index (χ3v) is 4.64. The number of rotatable bonds is 1. The van der Waals surface area contributed by atoms with Crippen LogP contribution in [-0.2, 0) is 4.79 Å².